The number of phenolic OH excluding ortho intramolecular Hbond substituents is 1. The lowest BCUT2D eigenvalue weighted by molar-refractivity contribution is -0.244. The molecule has 1 aliphatic heterocycles. The molecule has 0 aliphatic carbocycles. The zero-order chi connectivity index (χ0) is 15.0. The molecule has 110 valence electrons. The van der Waals surface area contributed by atoms with E-state index < -0.39 is 0 Å². The molecule has 0 aromatic heterocycles. The van der Waals surface area contributed by atoms with Crippen molar-refractivity contribution in [2.75, 3.05) is 0 Å². The molecule has 1 aliphatic rings. The van der Waals surface area contributed by atoms with Gasteiger partial charge in [-0.2, -0.15) is 5.06 Å². The molecule has 2 rings (SSSR count). The van der Waals surface area contributed by atoms with Crippen molar-refractivity contribution in [3.63, 3.8) is 0 Å². The van der Waals surface area contributed by atoms with Crippen molar-refractivity contribution in [3.05, 3.63) is 29.8 Å². The number of nitrogens with zero attached hydrogens (tertiary/aromatic N) is 2. The number of rotatable bonds is 2. The Balaban J connectivity index is 2.17. The Morgan fingerprint density at radius 1 is 1.15 bits per heavy atom. The van der Waals surface area contributed by atoms with E-state index in [1.54, 1.807) is 18.3 Å². The van der Waals surface area contributed by atoms with Gasteiger partial charge in [-0.15, -0.1) is 0 Å². The third-order valence-electron chi connectivity index (χ3n) is 3.98. The smallest absolute Gasteiger partial charge is 0.124 e. The fourth-order valence-corrected chi connectivity index (χ4v) is 3.11. The molecule has 1 aromatic carbocycles. The standard InChI is InChI=1S/C16H24N2O2/c1-15(2)9-13(10-16(3,4)18(15)20)17-11-12-7-5-6-8-14(12)19/h5-8,11,13,19-20H,9-10H2,1-4H3. The number of aliphatic imine (C=N–C) groups is 1. The molecule has 4 nitrogen and oxygen atoms in total. The number of phenols is 1. The molecule has 1 fully saturated rings. The fourth-order valence-electron chi connectivity index (χ4n) is 3.11. The van der Waals surface area contributed by atoms with E-state index in [4.69, 9.17) is 0 Å². The second kappa shape index (κ2) is 5.19. The van der Waals surface area contributed by atoms with Crippen LogP contribution in [0.5, 0.6) is 5.75 Å². The van der Waals surface area contributed by atoms with Crippen LogP contribution >= 0.6 is 0 Å². The Morgan fingerprint density at radius 3 is 2.25 bits per heavy atom. The number of aromatic hydroxyl groups is 1. The highest BCUT2D eigenvalue weighted by molar-refractivity contribution is 5.83. The lowest BCUT2D eigenvalue weighted by Gasteiger charge is -2.50. The van der Waals surface area contributed by atoms with Gasteiger partial charge in [0.1, 0.15) is 5.75 Å². The van der Waals surface area contributed by atoms with E-state index in [1.165, 1.54) is 5.06 Å². The predicted octanol–water partition coefficient (Wildman–Crippen LogP) is 3.22. The number of benzene rings is 1. The first-order chi connectivity index (χ1) is 9.22. The van der Waals surface area contributed by atoms with Crippen LogP contribution in [0.2, 0.25) is 0 Å². The molecule has 1 aromatic rings. The van der Waals surface area contributed by atoms with Crippen LogP contribution in [0, 0.1) is 0 Å². The van der Waals surface area contributed by atoms with E-state index in [2.05, 4.69) is 4.99 Å². The number of hydrogen-bond donors (Lipinski definition) is 2. The van der Waals surface area contributed by atoms with E-state index in [0.717, 1.165) is 18.4 Å². The summed E-state index contributed by atoms with van der Waals surface area (Å²) in [6, 6.07) is 7.32. The highest BCUT2D eigenvalue weighted by atomic mass is 16.5. The van der Waals surface area contributed by atoms with Gasteiger partial charge in [0, 0.05) is 22.9 Å². The van der Waals surface area contributed by atoms with Gasteiger partial charge in [-0.3, -0.25) is 4.99 Å². The van der Waals surface area contributed by atoms with E-state index in [1.807, 2.05) is 39.8 Å². The van der Waals surface area contributed by atoms with E-state index in [9.17, 15) is 10.3 Å². The van der Waals surface area contributed by atoms with Crippen LogP contribution in [0.15, 0.2) is 29.3 Å². The van der Waals surface area contributed by atoms with E-state index >= 15 is 0 Å². The van der Waals surface area contributed by atoms with Crippen molar-refractivity contribution in [1.82, 2.24) is 5.06 Å². The van der Waals surface area contributed by atoms with Crippen LogP contribution in [0.4, 0.5) is 0 Å². The molecule has 0 saturated carbocycles. The highest BCUT2D eigenvalue weighted by Crippen LogP contribution is 2.37. The third kappa shape index (κ3) is 3.02. The van der Waals surface area contributed by atoms with Gasteiger partial charge >= 0.3 is 0 Å². The van der Waals surface area contributed by atoms with Gasteiger partial charge in [0.05, 0.1) is 6.04 Å². The van der Waals surface area contributed by atoms with Crippen LogP contribution in [0.25, 0.3) is 0 Å². The zero-order valence-electron chi connectivity index (χ0n) is 12.7. The van der Waals surface area contributed by atoms with Gasteiger partial charge in [0.25, 0.3) is 0 Å². The first-order valence-corrected chi connectivity index (χ1v) is 7.03. The van der Waals surface area contributed by atoms with Crippen LogP contribution in [0.1, 0.15) is 46.1 Å². The van der Waals surface area contributed by atoms with Crippen molar-refractivity contribution < 1.29 is 10.3 Å². The second-order valence-corrected chi connectivity index (χ2v) is 6.84. The Kier molecular flexibility index (Phi) is 3.89. The first-order valence-electron chi connectivity index (χ1n) is 7.03. The molecule has 1 saturated heterocycles. The minimum atomic E-state index is -0.303. The van der Waals surface area contributed by atoms with Crippen molar-refractivity contribution in [1.29, 1.82) is 0 Å². The number of para-hydroxylation sites is 1. The molecular weight excluding hydrogens is 252 g/mol. The van der Waals surface area contributed by atoms with Gasteiger partial charge in [-0.25, -0.2) is 0 Å². The minimum Gasteiger partial charge on any atom is -0.507 e. The van der Waals surface area contributed by atoms with Crippen LogP contribution in [-0.2, 0) is 0 Å². The SMILES string of the molecule is CC1(C)CC(N=Cc2ccccc2O)CC(C)(C)N1O. The number of hydroxylamine groups is 2. The summed E-state index contributed by atoms with van der Waals surface area (Å²) in [7, 11) is 0. The first kappa shape index (κ1) is 15.0. The lowest BCUT2D eigenvalue weighted by Crippen LogP contribution is -2.59. The molecule has 0 spiro atoms. The van der Waals surface area contributed by atoms with Gasteiger partial charge in [0.15, 0.2) is 0 Å². The molecule has 0 unspecified atom stereocenters. The van der Waals surface area contributed by atoms with Crippen molar-refractivity contribution >= 4 is 6.21 Å². The van der Waals surface area contributed by atoms with Gasteiger partial charge in [0.2, 0.25) is 0 Å². The summed E-state index contributed by atoms with van der Waals surface area (Å²) in [5, 5.41) is 21.5. The molecule has 0 amide bonds. The molecule has 20 heavy (non-hydrogen) atoms. The van der Waals surface area contributed by atoms with Crippen LogP contribution < -0.4 is 0 Å². The van der Waals surface area contributed by atoms with Crippen molar-refractivity contribution in [2.24, 2.45) is 4.99 Å². The average molecular weight is 276 g/mol. The maximum Gasteiger partial charge on any atom is 0.124 e. The second-order valence-electron chi connectivity index (χ2n) is 6.84. The Hall–Kier alpha value is -1.39. The summed E-state index contributed by atoms with van der Waals surface area (Å²) in [6.07, 6.45) is 3.31. The van der Waals surface area contributed by atoms with Crippen molar-refractivity contribution in [2.45, 2.75) is 57.7 Å². The molecular formula is C16H24N2O2. The summed E-state index contributed by atoms with van der Waals surface area (Å²) >= 11 is 0. The average Bonchev–Trinajstić information content (AvgIpc) is 2.34. The molecule has 1 heterocycles. The number of piperidine rings is 1. The Morgan fingerprint density at radius 2 is 1.70 bits per heavy atom. The highest BCUT2D eigenvalue weighted by Gasteiger charge is 2.44. The quantitative estimate of drug-likeness (QED) is 0.815. The maximum absolute atomic E-state index is 10.3. The summed E-state index contributed by atoms with van der Waals surface area (Å²) in [6.45, 7) is 8.10. The number of hydrogen-bond acceptors (Lipinski definition) is 4. The summed E-state index contributed by atoms with van der Waals surface area (Å²) in [5.74, 6) is 0.245. The largest absolute Gasteiger partial charge is 0.507 e. The van der Waals surface area contributed by atoms with E-state index in [0.29, 0.717) is 0 Å². The summed E-state index contributed by atoms with van der Waals surface area (Å²) in [5.41, 5.74) is 0.125. The molecule has 2 N–H and O–H groups in total. The lowest BCUT2D eigenvalue weighted by atomic mass is 9.79. The fraction of sp³-hybridized carbons (Fsp3) is 0.562. The third-order valence-corrected chi connectivity index (χ3v) is 3.98. The minimum absolute atomic E-state index is 0.142. The Labute approximate surface area is 120 Å². The van der Waals surface area contributed by atoms with Crippen LogP contribution in [0.3, 0.4) is 0 Å². The molecule has 0 radical (unpaired) electrons. The van der Waals surface area contributed by atoms with Gasteiger partial charge in [-0.1, -0.05) is 12.1 Å². The normalized spacial score (nSPS) is 23.2. The summed E-state index contributed by atoms with van der Waals surface area (Å²) in [4.78, 5) is 4.62. The van der Waals surface area contributed by atoms with Gasteiger partial charge in [-0.05, 0) is 52.7 Å². The predicted molar refractivity (Wildman–Crippen MR) is 80.5 cm³/mol. The summed E-state index contributed by atoms with van der Waals surface area (Å²) < 4.78 is 0. The zero-order valence-corrected chi connectivity index (χ0v) is 12.7. The maximum atomic E-state index is 10.3. The Bertz CT molecular complexity index is 491. The van der Waals surface area contributed by atoms with Gasteiger partial charge < -0.3 is 10.3 Å². The molecule has 0 bridgehead atoms. The van der Waals surface area contributed by atoms with Crippen LogP contribution in [-0.4, -0.2) is 38.7 Å². The topological polar surface area (TPSA) is 56.1 Å². The van der Waals surface area contributed by atoms with E-state index in [-0.39, 0.29) is 22.9 Å². The van der Waals surface area contributed by atoms with Crippen molar-refractivity contribution in [3.8, 4) is 5.75 Å². The molecule has 0 atom stereocenters. The molecule has 4 heteroatoms. The monoisotopic (exact) mass is 276 g/mol.